The SMILES string of the molecule is CC(C)(C)n1c(CCl)nnc1-c1ccc([N+](=O)[O-])cc1F. The van der Waals surface area contributed by atoms with E-state index in [9.17, 15) is 14.5 Å². The minimum atomic E-state index is -0.719. The Morgan fingerprint density at radius 3 is 2.52 bits per heavy atom. The molecule has 0 spiro atoms. The monoisotopic (exact) mass is 312 g/mol. The third kappa shape index (κ3) is 2.87. The predicted octanol–water partition coefficient (Wildman–Crippen LogP) is 3.49. The van der Waals surface area contributed by atoms with Crippen LogP contribution < -0.4 is 0 Å². The largest absolute Gasteiger partial charge is 0.305 e. The summed E-state index contributed by atoms with van der Waals surface area (Å²) in [5.41, 5.74) is -0.563. The van der Waals surface area contributed by atoms with Crippen molar-refractivity contribution in [1.82, 2.24) is 14.8 Å². The molecule has 0 N–H and O–H groups in total. The predicted molar refractivity (Wildman–Crippen MR) is 76.6 cm³/mol. The molecule has 1 aromatic carbocycles. The lowest BCUT2D eigenvalue weighted by Crippen LogP contribution is -2.25. The summed E-state index contributed by atoms with van der Waals surface area (Å²) in [6.45, 7) is 5.75. The van der Waals surface area contributed by atoms with Crippen molar-refractivity contribution in [1.29, 1.82) is 0 Å². The third-order valence-corrected chi connectivity index (χ3v) is 3.16. The second-order valence-electron chi connectivity index (χ2n) is 5.50. The molecule has 0 atom stereocenters. The molecule has 0 aliphatic heterocycles. The highest BCUT2D eigenvalue weighted by atomic mass is 35.5. The Balaban J connectivity index is 2.63. The van der Waals surface area contributed by atoms with E-state index in [4.69, 9.17) is 11.6 Å². The summed E-state index contributed by atoms with van der Waals surface area (Å²) in [5, 5.41) is 18.6. The van der Waals surface area contributed by atoms with Crippen LogP contribution in [0.25, 0.3) is 11.4 Å². The Hall–Kier alpha value is -2.02. The van der Waals surface area contributed by atoms with E-state index in [1.807, 2.05) is 20.8 Å². The van der Waals surface area contributed by atoms with E-state index in [-0.39, 0.29) is 17.1 Å². The van der Waals surface area contributed by atoms with Crippen LogP contribution in [0.15, 0.2) is 18.2 Å². The number of aromatic nitrogens is 3. The van der Waals surface area contributed by atoms with Crippen LogP contribution in [0.4, 0.5) is 10.1 Å². The van der Waals surface area contributed by atoms with E-state index in [2.05, 4.69) is 10.2 Å². The highest BCUT2D eigenvalue weighted by molar-refractivity contribution is 6.16. The summed E-state index contributed by atoms with van der Waals surface area (Å²) in [6.07, 6.45) is 0. The van der Waals surface area contributed by atoms with Crippen molar-refractivity contribution in [3.8, 4) is 11.4 Å². The average molecular weight is 313 g/mol. The fourth-order valence-corrected chi connectivity index (χ4v) is 2.25. The van der Waals surface area contributed by atoms with E-state index in [1.165, 1.54) is 12.1 Å². The molecule has 0 aliphatic carbocycles. The van der Waals surface area contributed by atoms with Crippen LogP contribution in [0.1, 0.15) is 26.6 Å². The minimum absolute atomic E-state index is 0.138. The molecule has 1 aromatic heterocycles. The summed E-state index contributed by atoms with van der Waals surface area (Å²) in [4.78, 5) is 10.0. The Morgan fingerprint density at radius 2 is 2.05 bits per heavy atom. The number of nitrogens with zero attached hydrogens (tertiary/aromatic N) is 4. The second kappa shape index (κ2) is 5.40. The van der Waals surface area contributed by atoms with Crippen LogP contribution in [-0.4, -0.2) is 19.7 Å². The van der Waals surface area contributed by atoms with Gasteiger partial charge in [-0.2, -0.15) is 0 Å². The maximum atomic E-state index is 14.2. The molecule has 1 heterocycles. The minimum Gasteiger partial charge on any atom is -0.305 e. The van der Waals surface area contributed by atoms with Gasteiger partial charge >= 0.3 is 0 Å². The molecule has 8 heteroatoms. The Kier molecular flexibility index (Phi) is 3.95. The molecule has 0 radical (unpaired) electrons. The normalized spacial score (nSPS) is 11.7. The van der Waals surface area contributed by atoms with Gasteiger partial charge in [0.05, 0.1) is 22.4 Å². The van der Waals surface area contributed by atoms with Crippen LogP contribution in [0.3, 0.4) is 0 Å². The maximum Gasteiger partial charge on any atom is 0.272 e. The molecule has 2 rings (SSSR count). The number of rotatable bonds is 3. The van der Waals surface area contributed by atoms with Gasteiger partial charge in [0.1, 0.15) is 11.6 Å². The van der Waals surface area contributed by atoms with Crippen molar-refractivity contribution >= 4 is 17.3 Å². The molecule has 0 bridgehead atoms. The van der Waals surface area contributed by atoms with E-state index in [0.29, 0.717) is 11.6 Å². The first kappa shape index (κ1) is 15.4. The van der Waals surface area contributed by atoms with E-state index in [1.54, 1.807) is 4.57 Å². The van der Waals surface area contributed by atoms with Crippen molar-refractivity contribution < 1.29 is 9.31 Å². The quantitative estimate of drug-likeness (QED) is 0.494. The van der Waals surface area contributed by atoms with Crippen LogP contribution in [0.2, 0.25) is 0 Å². The lowest BCUT2D eigenvalue weighted by atomic mass is 10.1. The highest BCUT2D eigenvalue weighted by Gasteiger charge is 2.25. The zero-order valence-corrected chi connectivity index (χ0v) is 12.6. The summed E-state index contributed by atoms with van der Waals surface area (Å²) >= 11 is 5.84. The van der Waals surface area contributed by atoms with E-state index >= 15 is 0 Å². The molecular weight excluding hydrogens is 299 g/mol. The first-order valence-electron chi connectivity index (χ1n) is 6.20. The molecule has 21 heavy (non-hydrogen) atoms. The fourth-order valence-electron chi connectivity index (χ4n) is 2.08. The molecular formula is C13H14ClFN4O2. The summed E-state index contributed by atoms with van der Waals surface area (Å²) in [7, 11) is 0. The smallest absolute Gasteiger partial charge is 0.272 e. The number of nitro groups is 1. The molecule has 0 saturated heterocycles. The van der Waals surface area contributed by atoms with Crippen molar-refractivity contribution in [3.05, 3.63) is 40.0 Å². The van der Waals surface area contributed by atoms with Crippen LogP contribution in [0, 0.1) is 15.9 Å². The van der Waals surface area contributed by atoms with E-state index < -0.39 is 16.3 Å². The first-order valence-corrected chi connectivity index (χ1v) is 6.74. The zero-order chi connectivity index (χ0) is 15.8. The van der Waals surface area contributed by atoms with E-state index in [0.717, 1.165) is 6.07 Å². The number of non-ortho nitro benzene ring substituents is 1. The van der Waals surface area contributed by atoms with Gasteiger partial charge in [0, 0.05) is 11.6 Å². The topological polar surface area (TPSA) is 73.8 Å². The third-order valence-electron chi connectivity index (χ3n) is 2.92. The number of hydrogen-bond donors (Lipinski definition) is 0. The standard InChI is InChI=1S/C13H14ClFN4O2/c1-13(2,3)18-11(7-14)16-17-12(18)9-5-4-8(19(20)21)6-10(9)15/h4-6H,7H2,1-3H3. The van der Waals surface area contributed by atoms with Gasteiger partial charge in [0.25, 0.3) is 5.69 Å². The Morgan fingerprint density at radius 1 is 1.38 bits per heavy atom. The lowest BCUT2D eigenvalue weighted by Gasteiger charge is -2.24. The zero-order valence-electron chi connectivity index (χ0n) is 11.8. The number of alkyl halides is 1. The van der Waals surface area contributed by atoms with Gasteiger partial charge in [-0.05, 0) is 26.8 Å². The molecule has 0 amide bonds. The highest BCUT2D eigenvalue weighted by Crippen LogP contribution is 2.30. The summed E-state index contributed by atoms with van der Waals surface area (Å²) < 4.78 is 15.9. The number of nitro benzene ring substituents is 1. The van der Waals surface area contributed by atoms with Gasteiger partial charge in [0.2, 0.25) is 0 Å². The van der Waals surface area contributed by atoms with Crippen LogP contribution >= 0.6 is 11.6 Å². The second-order valence-corrected chi connectivity index (χ2v) is 5.77. The van der Waals surface area contributed by atoms with Crippen molar-refractivity contribution in [3.63, 3.8) is 0 Å². The molecule has 112 valence electrons. The van der Waals surface area contributed by atoms with Gasteiger partial charge < -0.3 is 4.57 Å². The summed E-state index contributed by atoms with van der Waals surface area (Å²) in [5.74, 6) is 0.226. The average Bonchev–Trinajstić information content (AvgIpc) is 2.82. The lowest BCUT2D eigenvalue weighted by molar-refractivity contribution is -0.385. The van der Waals surface area contributed by atoms with Crippen LogP contribution in [0.5, 0.6) is 0 Å². The molecule has 0 saturated carbocycles. The number of benzene rings is 1. The van der Waals surface area contributed by atoms with Gasteiger partial charge in [0.15, 0.2) is 5.82 Å². The van der Waals surface area contributed by atoms with Crippen LogP contribution in [-0.2, 0) is 11.4 Å². The van der Waals surface area contributed by atoms with Gasteiger partial charge in [-0.15, -0.1) is 21.8 Å². The fraction of sp³-hybridized carbons (Fsp3) is 0.385. The Bertz CT molecular complexity index is 694. The van der Waals surface area contributed by atoms with Crippen molar-refractivity contribution in [2.24, 2.45) is 0 Å². The molecule has 0 fully saturated rings. The molecule has 0 aliphatic rings. The molecule has 6 nitrogen and oxygen atoms in total. The van der Waals surface area contributed by atoms with Gasteiger partial charge in [-0.25, -0.2) is 4.39 Å². The molecule has 2 aromatic rings. The number of halogens is 2. The van der Waals surface area contributed by atoms with Crippen molar-refractivity contribution in [2.75, 3.05) is 0 Å². The molecule has 0 unspecified atom stereocenters. The Labute approximate surface area is 125 Å². The number of hydrogen-bond acceptors (Lipinski definition) is 4. The van der Waals surface area contributed by atoms with Crippen molar-refractivity contribution in [2.45, 2.75) is 32.2 Å². The maximum absolute atomic E-state index is 14.2. The first-order chi connectivity index (χ1) is 9.75. The van der Waals surface area contributed by atoms with Gasteiger partial charge in [-0.1, -0.05) is 0 Å². The van der Waals surface area contributed by atoms with Gasteiger partial charge in [-0.3, -0.25) is 10.1 Å². The summed E-state index contributed by atoms with van der Waals surface area (Å²) in [6, 6.07) is 3.44.